The summed E-state index contributed by atoms with van der Waals surface area (Å²) in [6, 6.07) is 0. The summed E-state index contributed by atoms with van der Waals surface area (Å²) in [5.74, 6) is -7.08. The van der Waals surface area contributed by atoms with Crippen molar-refractivity contribution in [1.82, 2.24) is 5.34 Å². The van der Waals surface area contributed by atoms with Crippen molar-refractivity contribution >= 4 is 5.97 Å². The molecule has 0 heterocycles. The SMILES string of the molecule is CC(C)[C@](F)(C(=O)O)N(F)F. The first kappa shape index (κ1) is 10.2. The Labute approximate surface area is 61.3 Å². The molecule has 0 radical (unpaired) electrons. The Kier molecular flexibility index (Phi) is 2.86. The average Bonchev–Trinajstić information content (AvgIpc) is 1.84. The minimum atomic E-state index is -3.58. The number of alkyl halides is 1. The first-order valence-corrected chi connectivity index (χ1v) is 2.87. The van der Waals surface area contributed by atoms with Gasteiger partial charge in [-0.3, -0.25) is 0 Å². The maximum Gasteiger partial charge on any atom is 0.362 e. The summed E-state index contributed by atoms with van der Waals surface area (Å²) in [6.45, 7) is 2.11. The molecule has 0 aliphatic heterocycles. The largest absolute Gasteiger partial charge is 0.478 e. The van der Waals surface area contributed by atoms with Crippen LogP contribution in [-0.2, 0) is 4.79 Å². The molecule has 11 heavy (non-hydrogen) atoms. The Morgan fingerprint density at radius 2 is 1.91 bits per heavy atom. The quantitative estimate of drug-likeness (QED) is 0.516. The number of carboxylic acid groups (broad SMARTS) is 1. The second-order valence-electron chi connectivity index (χ2n) is 2.37. The van der Waals surface area contributed by atoms with Crippen molar-refractivity contribution in [2.45, 2.75) is 19.6 Å². The highest BCUT2D eigenvalue weighted by Crippen LogP contribution is 2.27. The lowest BCUT2D eigenvalue weighted by molar-refractivity contribution is -0.289. The van der Waals surface area contributed by atoms with E-state index in [2.05, 4.69) is 0 Å². The van der Waals surface area contributed by atoms with E-state index in [0.717, 1.165) is 13.8 Å². The second kappa shape index (κ2) is 3.08. The highest BCUT2D eigenvalue weighted by Gasteiger charge is 2.50. The molecule has 6 heteroatoms. The van der Waals surface area contributed by atoms with Crippen LogP contribution in [0.3, 0.4) is 0 Å². The van der Waals surface area contributed by atoms with E-state index < -0.39 is 23.0 Å². The summed E-state index contributed by atoms with van der Waals surface area (Å²) >= 11 is 0. The van der Waals surface area contributed by atoms with Crippen LogP contribution < -0.4 is 0 Å². The number of aliphatic carboxylic acids is 1. The maximum atomic E-state index is 12.7. The Morgan fingerprint density at radius 3 is 1.91 bits per heavy atom. The Hall–Kier alpha value is -0.780. The molecule has 0 aliphatic rings. The zero-order chi connectivity index (χ0) is 9.23. The molecule has 0 aromatic heterocycles. The monoisotopic (exact) mass is 171 g/mol. The predicted octanol–water partition coefficient (Wildman–Crippen LogP) is 1.46. The van der Waals surface area contributed by atoms with Gasteiger partial charge in [-0.1, -0.05) is 22.8 Å². The molecule has 1 atom stereocenters. The van der Waals surface area contributed by atoms with Crippen molar-refractivity contribution in [2.24, 2.45) is 5.92 Å². The molecule has 0 amide bonds. The van der Waals surface area contributed by atoms with Gasteiger partial charge in [-0.2, -0.15) is 0 Å². The summed E-state index contributed by atoms with van der Waals surface area (Å²) < 4.78 is 36.1. The smallest absolute Gasteiger partial charge is 0.362 e. The van der Waals surface area contributed by atoms with Crippen LogP contribution in [0.4, 0.5) is 13.4 Å². The van der Waals surface area contributed by atoms with Crippen molar-refractivity contribution in [3.63, 3.8) is 0 Å². The van der Waals surface area contributed by atoms with Crippen molar-refractivity contribution < 1.29 is 23.3 Å². The van der Waals surface area contributed by atoms with Crippen molar-refractivity contribution in [2.75, 3.05) is 0 Å². The van der Waals surface area contributed by atoms with Crippen LogP contribution in [0.15, 0.2) is 0 Å². The first-order chi connectivity index (χ1) is 4.83. The Bertz CT molecular complexity index is 152. The highest BCUT2D eigenvalue weighted by molar-refractivity contribution is 5.76. The molecular formula is C5H8F3NO2. The molecule has 0 fully saturated rings. The molecule has 0 aliphatic carbocycles. The zero-order valence-corrected chi connectivity index (χ0v) is 6.01. The zero-order valence-electron chi connectivity index (χ0n) is 6.01. The molecule has 0 aromatic rings. The molecule has 0 unspecified atom stereocenters. The van der Waals surface area contributed by atoms with Gasteiger partial charge in [-0.25, -0.2) is 9.18 Å². The van der Waals surface area contributed by atoms with Crippen LogP contribution in [0.1, 0.15) is 13.8 Å². The van der Waals surface area contributed by atoms with E-state index in [9.17, 15) is 18.1 Å². The van der Waals surface area contributed by atoms with Gasteiger partial charge < -0.3 is 5.11 Å². The van der Waals surface area contributed by atoms with Gasteiger partial charge in [0.05, 0.1) is 5.34 Å². The van der Waals surface area contributed by atoms with Gasteiger partial charge in [-0.15, -0.1) is 0 Å². The van der Waals surface area contributed by atoms with Gasteiger partial charge in [0.1, 0.15) is 0 Å². The fourth-order valence-electron chi connectivity index (χ4n) is 0.514. The summed E-state index contributed by atoms with van der Waals surface area (Å²) in [6.07, 6.45) is 0. The molecule has 0 saturated carbocycles. The number of carboxylic acids is 1. The van der Waals surface area contributed by atoms with Crippen molar-refractivity contribution in [3.8, 4) is 0 Å². The lowest BCUT2D eigenvalue weighted by Crippen LogP contribution is -2.47. The first-order valence-electron chi connectivity index (χ1n) is 2.87. The lowest BCUT2D eigenvalue weighted by atomic mass is 10.0. The lowest BCUT2D eigenvalue weighted by Gasteiger charge is -2.23. The standard InChI is InChI=1S/C5H8F3NO2/c1-3(2)5(6,4(10)11)9(7)8/h3H,1-2H3,(H,10,11)/t5-/m1/s1. The normalized spacial score (nSPS) is 17.0. The van der Waals surface area contributed by atoms with Gasteiger partial charge in [-0.05, 0) is 0 Å². The minimum Gasteiger partial charge on any atom is -0.478 e. The third kappa shape index (κ3) is 1.62. The third-order valence-electron chi connectivity index (χ3n) is 1.31. The molecule has 1 N–H and O–H groups in total. The summed E-state index contributed by atoms with van der Waals surface area (Å²) in [4.78, 5) is 10.0. The van der Waals surface area contributed by atoms with Gasteiger partial charge >= 0.3 is 11.8 Å². The van der Waals surface area contributed by atoms with E-state index in [1.54, 1.807) is 0 Å². The number of rotatable bonds is 3. The fourth-order valence-corrected chi connectivity index (χ4v) is 0.514. The topological polar surface area (TPSA) is 40.5 Å². The van der Waals surface area contributed by atoms with Crippen LogP contribution in [0.25, 0.3) is 0 Å². The average molecular weight is 171 g/mol. The van der Waals surface area contributed by atoms with Crippen molar-refractivity contribution in [1.29, 1.82) is 0 Å². The molecule has 66 valence electrons. The molecule has 0 saturated heterocycles. The van der Waals surface area contributed by atoms with Crippen LogP contribution in [-0.4, -0.2) is 22.2 Å². The van der Waals surface area contributed by atoms with Gasteiger partial charge in [0, 0.05) is 5.92 Å². The molecular weight excluding hydrogens is 163 g/mol. The minimum absolute atomic E-state index is 1.06. The Balaban J connectivity index is 4.67. The van der Waals surface area contributed by atoms with E-state index in [4.69, 9.17) is 5.11 Å². The van der Waals surface area contributed by atoms with Crippen molar-refractivity contribution in [3.05, 3.63) is 0 Å². The molecule has 0 spiro atoms. The number of carbonyl (C=O) groups is 1. The molecule has 3 nitrogen and oxygen atoms in total. The summed E-state index contributed by atoms with van der Waals surface area (Å²) in [5.41, 5.74) is 0. The van der Waals surface area contributed by atoms with E-state index in [1.165, 1.54) is 0 Å². The third-order valence-corrected chi connectivity index (χ3v) is 1.31. The van der Waals surface area contributed by atoms with E-state index in [-0.39, 0.29) is 0 Å². The molecule has 0 rings (SSSR count). The summed E-state index contributed by atoms with van der Waals surface area (Å²) in [7, 11) is 0. The number of halogens is 3. The Morgan fingerprint density at radius 1 is 1.55 bits per heavy atom. The fraction of sp³-hybridized carbons (Fsp3) is 0.800. The van der Waals surface area contributed by atoms with Crippen LogP contribution in [0, 0.1) is 5.92 Å². The summed E-state index contributed by atoms with van der Waals surface area (Å²) in [5, 5.41) is 6.15. The molecule has 0 aromatic carbocycles. The van der Waals surface area contributed by atoms with E-state index >= 15 is 0 Å². The highest BCUT2D eigenvalue weighted by atomic mass is 19.4. The second-order valence-corrected chi connectivity index (χ2v) is 2.37. The van der Waals surface area contributed by atoms with Gasteiger partial charge in [0.25, 0.3) is 0 Å². The number of hydrogen-bond acceptors (Lipinski definition) is 2. The van der Waals surface area contributed by atoms with E-state index in [0.29, 0.717) is 0 Å². The van der Waals surface area contributed by atoms with E-state index in [1.807, 2.05) is 0 Å². The van der Waals surface area contributed by atoms with Crippen LogP contribution in [0.5, 0.6) is 0 Å². The predicted molar refractivity (Wildman–Crippen MR) is 30.4 cm³/mol. The van der Waals surface area contributed by atoms with Gasteiger partial charge in [0.15, 0.2) is 0 Å². The van der Waals surface area contributed by atoms with Crippen LogP contribution >= 0.6 is 0 Å². The van der Waals surface area contributed by atoms with Crippen LogP contribution in [0.2, 0.25) is 0 Å². The number of hydrogen-bond donors (Lipinski definition) is 1. The van der Waals surface area contributed by atoms with Gasteiger partial charge in [0.2, 0.25) is 0 Å². The number of nitrogens with zero attached hydrogens (tertiary/aromatic N) is 1. The maximum absolute atomic E-state index is 12.7. The molecule has 0 bridgehead atoms.